The van der Waals surface area contributed by atoms with Gasteiger partial charge in [-0.25, -0.2) is 9.80 Å². The summed E-state index contributed by atoms with van der Waals surface area (Å²) in [6.07, 6.45) is 0. The highest BCUT2D eigenvalue weighted by Crippen LogP contribution is 2.39. The Balaban J connectivity index is 1.95. The summed E-state index contributed by atoms with van der Waals surface area (Å²) < 4.78 is 0.764. The van der Waals surface area contributed by atoms with E-state index in [1.165, 1.54) is 11.3 Å². The Kier molecular flexibility index (Phi) is 5.06. The zero-order valence-electron chi connectivity index (χ0n) is 12.4. The molecule has 9 heteroatoms. The Morgan fingerprint density at radius 1 is 1.04 bits per heavy atom. The van der Waals surface area contributed by atoms with Gasteiger partial charge in [0.1, 0.15) is 4.88 Å². The molecule has 3 aromatic rings. The van der Waals surface area contributed by atoms with Crippen molar-refractivity contribution in [3.05, 3.63) is 62.4 Å². The highest BCUT2D eigenvalue weighted by atomic mass is 35.5. The molecule has 3 rings (SSSR count). The maximum absolute atomic E-state index is 12.6. The summed E-state index contributed by atoms with van der Waals surface area (Å²) in [5.74, 6) is -0.573. The lowest BCUT2D eigenvalue weighted by Crippen LogP contribution is -2.49. The fraction of sp³-hybridized carbons (Fsp3) is 0. The number of nitrogens with zero attached hydrogens (tertiary/aromatic N) is 1. The average Bonchev–Trinajstić information content (AvgIpc) is 2.91. The van der Waals surface area contributed by atoms with Crippen LogP contribution in [0.5, 0.6) is 0 Å². The first kappa shape index (κ1) is 17.8. The van der Waals surface area contributed by atoms with Gasteiger partial charge in [0.15, 0.2) is 0 Å². The fourth-order valence-electron chi connectivity index (χ4n) is 2.21. The molecule has 1 aromatic heterocycles. The van der Waals surface area contributed by atoms with E-state index < -0.39 is 11.9 Å². The number of hydrogen-bond donors (Lipinski definition) is 2. The molecule has 0 radical (unpaired) electrons. The van der Waals surface area contributed by atoms with Crippen LogP contribution in [0.4, 0.5) is 10.5 Å². The molecule has 1 heterocycles. The maximum atomic E-state index is 12.6. The summed E-state index contributed by atoms with van der Waals surface area (Å²) >= 11 is 19.4. The average molecular weight is 415 g/mol. The van der Waals surface area contributed by atoms with E-state index in [9.17, 15) is 9.59 Å². The molecule has 3 amide bonds. The predicted molar refractivity (Wildman–Crippen MR) is 103 cm³/mol. The van der Waals surface area contributed by atoms with Crippen molar-refractivity contribution in [2.75, 3.05) is 5.01 Å². The van der Waals surface area contributed by atoms with Crippen LogP contribution in [-0.2, 0) is 0 Å². The third-order valence-corrected chi connectivity index (χ3v) is 5.54. The molecule has 0 atom stereocenters. The Labute approximate surface area is 161 Å². The summed E-state index contributed by atoms with van der Waals surface area (Å²) in [6, 6.07) is 10.7. The van der Waals surface area contributed by atoms with E-state index in [2.05, 4.69) is 5.43 Å². The highest BCUT2D eigenvalue weighted by Gasteiger charge is 2.22. The molecule has 3 N–H and O–H groups in total. The van der Waals surface area contributed by atoms with E-state index in [1.54, 1.807) is 42.5 Å². The zero-order valence-corrected chi connectivity index (χ0v) is 15.5. The largest absolute Gasteiger partial charge is 0.350 e. The number of carbonyl (C=O) groups excluding carboxylic acids is 2. The first-order chi connectivity index (χ1) is 11.9. The van der Waals surface area contributed by atoms with Gasteiger partial charge in [-0.3, -0.25) is 10.2 Å². The molecule has 0 bridgehead atoms. The van der Waals surface area contributed by atoms with Crippen LogP contribution in [0.1, 0.15) is 9.67 Å². The number of rotatable bonds is 2. The van der Waals surface area contributed by atoms with Crippen molar-refractivity contribution in [2.24, 2.45) is 5.73 Å². The lowest BCUT2D eigenvalue weighted by molar-refractivity contribution is 0.0955. The Morgan fingerprint density at radius 2 is 1.72 bits per heavy atom. The molecule has 0 fully saturated rings. The van der Waals surface area contributed by atoms with E-state index >= 15 is 0 Å². The van der Waals surface area contributed by atoms with Crippen molar-refractivity contribution in [3.8, 4) is 0 Å². The van der Waals surface area contributed by atoms with Crippen molar-refractivity contribution < 1.29 is 9.59 Å². The van der Waals surface area contributed by atoms with Crippen LogP contribution in [0.25, 0.3) is 10.1 Å². The quantitative estimate of drug-likeness (QED) is 0.573. The number of nitrogens with one attached hydrogen (secondary N) is 1. The number of primary amides is 1. The number of thiophene rings is 1. The van der Waals surface area contributed by atoms with Crippen LogP contribution in [0.15, 0.2) is 42.5 Å². The molecule has 2 aromatic carbocycles. The molecule has 0 saturated heterocycles. The predicted octanol–water partition coefficient (Wildman–Crippen LogP) is 5.09. The second kappa shape index (κ2) is 7.09. The molecule has 0 aliphatic rings. The number of hydrazine groups is 1. The van der Waals surface area contributed by atoms with Gasteiger partial charge in [0.25, 0.3) is 5.91 Å². The fourth-order valence-corrected chi connectivity index (χ4v) is 4.18. The standard InChI is InChI=1S/C16H10Cl3N3O2S/c17-8-4-6-9(7-5-8)22(16(20)24)21-15(23)14-13(19)12-10(18)2-1-3-11(12)25-14/h1-7H,(H2,20,24)(H,21,23). The van der Waals surface area contributed by atoms with E-state index in [4.69, 9.17) is 40.5 Å². The Bertz CT molecular complexity index is 973. The van der Waals surface area contributed by atoms with Crippen LogP contribution < -0.4 is 16.2 Å². The minimum absolute atomic E-state index is 0.226. The normalized spacial score (nSPS) is 10.7. The van der Waals surface area contributed by atoms with Crippen LogP contribution >= 0.6 is 46.1 Å². The number of halogens is 3. The molecule has 0 aliphatic carbocycles. The van der Waals surface area contributed by atoms with Gasteiger partial charge < -0.3 is 5.73 Å². The topological polar surface area (TPSA) is 75.4 Å². The van der Waals surface area contributed by atoms with Gasteiger partial charge >= 0.3 is 6.03 Å². The van der Waals surface area contributed by atoms with Crippen LogP contribution in [0.2, 0.25) is 15.1 Å². The van der Waals surface area contributed by atoms with Crippen molar-refractivity contribution in [3.63, 3.8) is 0 Å². The van der Waals surface area contributed by atoms with Gasteiger partial charge in [0.2, 0.25) is 0 Å². The van der Waals surface area contributed by atoms with Gasteiger partial charge in [-0.2, -0.15) is 0 Å². The van der Waals surface area contributed by atoms with Crippen molar-refractivity contribution in [1.82, 2.24) is 5.43 Å². The Hall–Kier alpha value is -1.99. The van der Waals surface area contributed by atoms with Crippen molar-refractivity contribution >= 4 is 73.9 Å². The van der Waals surface area contributed by atoms with E-state index in [0.717, 1.165) is 9.71 Å². The molecule has 0 spiro atoms. The molecular weight excluding hydrogens is 405 g/mol. The molecule has 0 aliphatic heterocycles. The van der Waals surface area contributed by atoms with Crippen LogP contribution in [0.3, 0.4) is 0 Å². The molecule has 25 heavy (non-hydrogen) atoms. The maximum Gasteiger partial charge on any atom is 0.338 e. The first-order valence-electron chi connectivity index (χ1n) is 6.91. The molecule has 0 saturated carbocycles. The van der Waals surface area contributed by atoms with Gasteiger partial charge in [0, 0.05) is 15.1 Å². The lowest BCUT2D eigenvalue weighted by atomic mass is 10.2. The minimum Gasteiger partial charge on any atom is -0.350 e. The van der Waals surface area contributed by atoms with Crippen molar-refractivity contribution in [1.29, 1.82) is 0 Å². The summed E-state index contributed by atoms with van der Waals surface area (Å²) in [4.78, 5) is 24.5. The number of fused-ring (bicyclic) bond motifs is 1. The number of nitrogens with two attached hydrogens (primary N) is 1. The lowest BCUT2D eigenvalue weighted by Gasteiger charge is -2.20. The SMILES string of the molecule is NC(=O)N(NC(=O)c1sc2cccc(Cl)c2c1Cl)c1ccc(Cl)cc1. The van der Waals surface area contributed by atoms with Gasteiger partial charge in [0.05, 0.1) is 15.7 Å². The molecule has 0 unspecified atom stereocenters. The first-order valence-corrected chi connectivity index (χ1v) is 8.86. The van der Waals surface area contributed by atoms with E-state index in [1.807, 2.05) is 0 Å². The number of hydrogen-bond acceptors (Lipinski definition) is 3. The number of urea groups is 1. The molecule has 128 valence electrons. The number of benzene rings is 2. The number of amides is 3. The monoisotopic (exact) mass is 413 g/mol. The zero-order chi connectivity index (χ0) is 18.1. The highest BCUT2D eigenvalue weighted by molar-refractivity contribution is 7.21. The minimum atomic E-state index is -0.856. The van der Waals surface area contributed by atoms with Gasteiger partial charge in [-0.1, -0.05) is 40.9 Å². The number of carbonyl (C=O) groups is 2. The third kappa shape index (κ3) is 3.52. The van der Waals surface area contributed by atoms with Gasteiger partial charge in [-0.15, -0.1) is 11.3 Å². The van der Waals surface area contributed by atoms with E-state index in [0.29, 0.717) is 21.1 Å². The van der Waals surface area contributed by atoms with Crippen LogP contribution in [0, 0.1) is 0 Å². The second-order valence-electron chi connectivity index (χ2n) is 4.95. The molecular formula is C16H10Cl3N3O2S. The summed E-state index contributed by atoms with van der Waals surface area (Å²) in [6.45, 7) is 0. The summed E-state index contributed by atoms with van der Waals surface area (Å²) in [7, 11) is 0. The van der Waals surface area contributed by atoms with Crippen molar-refractivity contribution in [2.45, 2.75) is 0 Å². The second-order valence-corrected chi connectivity index (χ2v) is 7.22. The van der Waals surface area contributed by atoms with Gasteiger partial charge in [-0.05, 0) is 36.4 Å². The summed E-state index contributed by atoms with van der Waals surface area (Å²) in [5, 5.41) is 2.67. The Morgan fingerprint density at radius 3 is 2.32 bits per heavy atom. The van der Waals surface area contributed by atoms with E-state index in [-0.39, 0.29) is 9.90 Å². The third-order valence-electron chi connectivity index (χ3n) is 3.33. The summed E-state index contributed by atoms with van der Waals surface area (Å²) in [5.41, 5.74) is 8.17. The van der Waals surface area contributed by atoms with Crippen LogP contribution in [-0.4, -0.2) is 11.9 Å². The molecule has 5 nitrogen and oxygen atoms in total. The number of anilines is 1. The smallest absolute Gasteiger partial charge is 0.338 e.